The third-order valence-corrected chi connectivity index (χ3v) is 3.54. The minimum absolute atomic E-state index is 0.0368. The Labute approximate surface area is 114 Å². The van der Waals surface area contributed by atoms with Crippen LogP contribution in [0.1, 0.15) is 18.0 Å². The number of hydrogen-bond donors (Lipinski definition) is 1. The van der Waals surface area contributed by atoms with Crippen LogP contribution in [0.4, 0.5) is 4.39 Å². The highest BCUT2D eigenvalue weighted by molar-refractivity contribution is 5.32. The molecule has 1 saturated heterocycles. The Bertz CT molecular complexity index is 430. The predicted molar refractivity (Wildman–Crippen MR) is 74.9 cm³/mol. The first kappa shape index (κ1) is 14.0. The van der Waals surface area contributed by atoms with Gasteiger partial charge in [-0.25, -0.2) is 4.39 Å². The van der Waals surface area contributed by atoms with E-state index in [1.165, 1.54) is 6.07 Å². The van der Waals surface area contributed by atoms with E-state index in [9.17, 15) is 4.39 Å². The summed E-state index contributed by atoms with van der Waals surface area (Å²) in [5.74, 6) is 0.520. The zero-order valence-electron chi connectivity index (χ0n) is 11.4. The lowest BCUT2D eigenvalue weighted by atomic mass is 10.00. The molecule has 4 heteroatoms. The molecular weight excluding hydrogens is 243 g/mol. The molecule has 19 heavy (non-hydrogen) atoms. The van der Waals surface area contributed by atoms with Gasteiger partial charge in [0.05, 0.1) is 7.11 Å². The molecule has 104 valence electrons. The number of halogens is 1. The van der Waals surface area contributed by atoms with E-state index in [-0.39, 0.29) is 11.9 Å². The van der Waals surface area contributed by atoms with Gasteiger partial charge in [0, 0.05) is 37.8 Å². The normalized spacial score (nSPS) is 18.0. The van der Waals surface area contributed by atoms with Crippen molar-refractivity contribution in [3.8, 4) is 5.75 Å². The topological polar surface area (TPSA) is 24.5 Å². The third kappa shape index (κ3) is 3.33. The van der Waals surface area contributed by atoms with E-state index >= 15 is 0 Å². The van der Waals surface area contributed by atoms with Crippen LogP contribution in [0.3, 0.4) is 0 Å². The molecule has 0 unspecified atom stereocenters. The molecule has 1 aliphatic heterocycles. The molecule has 0 radical (unpaired) electrons. The molecule has 0 amide bonds. The third-order valence-electron chi connectivity index (χ3n) is 3.54. The summed E-state index contributed by atoms with van der Waals surface area (Å²) in [6.07, 6.45) is 2.59. The molecule has 0 spiro atoms. The summed E-state index contributed by atoms with van der Waals surface area (Å²) >= 11 is 0. The summed E-state index contributed by atoms with van der Waals surface area (Å²) in [7, 11) is 1.60. The van der Waals surface area contributed by atoms with E-state index in [1.54, 1.807) is 19.2 Å². The summed E-state index contributed by atoms with van der Waals surface area (Å²) in [5.41, 5.74) is 0.696. The fourth-order valence-electron chi connectivity index (χ4n) is 2.53. The smallest absolute Gasteiger partial charge is 0.128 e. The van der Waals surface area contributed by atoms with Crippen LogP contribution in [0.25, 0.3) is 0 Å². The maximum absolute atomic E-state index is 14.1. The molecule has 1 N–H and O–H groups in total. The van der Waals surface area contributed by atoms with E-state index in [0.717, 1.165) is 32.6 Å². The molecule has 2 rings (SSSR count). The molecule has 0 aromatic heterocycles. The number of methoxy groups -OCH3 is 1. The van der Waals surface area contributed by atoms with Crippen molar-refractivity contribution in [1.29, 1.82) is 0 Å². The van der Waals surface area contributed by atoms with Crippen LogP contribution in [0.2, 0.25) is 0 Å². The molecule has 0 aliphatic carbocycles. The highest BCUT2D eigenvalue weighted by Gasteiger charge is 2.23. The Hall–Kier alpha value is -1.39. The molecule has 1 atom stereocenters. The molecule has 1 fully saturated rings. The molecule has 1 aromatic carbocycles. The summed E-state index contributed by atoms with van der Waals surface area (Å²) in [6, 6.07) is 4.97. The molecule has 1 aromatic rings. The van der Waals surface area contributed by atoms with Crippen LogP contribution in [0, 0.1) is 5.82 Å². The molecule has 1 heterocycles. The van der Waals surface area contributed by atoms with Crippen molar-refractivity contribution >= 4 is 0 Å². The second-order valence-electron chi connectivity index (χ2n) is 4.71. The van der Waals surface area contributed by atoms with Crippen molar-refractivity contribution in [3.05, 3.63) is 42.2 Å². The second-order valence-corrected chi connectivity index (χ2v) is 4.71. The van der Waals surface area contributed by atoms with Crippen molar-refractivity contribution in [2.24, 2.45) is 0 Å². The zero-order chi connectivity index (χ0) is 13.7. The highest BCUT2D eigenvalue weighted by Crippen LogP contribution is 2.30. The Balaban J connectivity index is 2.28. The first-order valence-corrected chi connectivity index (χ1v) is 6.65. The van der Waals surface area contributed by atoms with E-state index in [2.05, 4.69) is 16.8 Å². The standard InChI is InChI=1S/C15H21FN2O/c1-3-4-15(18-9-7-17-8-10-18)13-11-12(19-2)5-6-14(13)16/h3,5-6,11,15,17H,1,4,7-10H2,2H3/t15-/m0/s1. The SMILES string of the molecule is C=CC[C@@H](c1cc(OC)ccc1F)N1CCNCC1. The number of benzene rings is 1. The average molecular weight is 264 g/mol. The lowest BCUT2D eigenvalue weighted by Crippen LogP contribution is -2.45. The summed E-state index contributed by atoms with van der Waals surface area (Å²) in [6.45, 7) is 7.54. The van der Waals surface area contributed by atoms with Gasteiger partial charge < -0.3 is 10.1 Å². The minimum atomic E-state index is -0.175. The Morgan fingerprint density at radius 1 is 1.47 bits per heavy atom. The second kappa shape index (κ2) is 6.68. The van der Waals surface area contributed by atoms with E-state index in [0.29, 0.717) is 11.3 Å². The van der Waals surface area contributed by atoms with Gasteiger partial charge in [0.15, 0.2) is 0 Å². The van der Waals surface area contributed by atoms with Crippen LogP contribution in [-0.2, 0) is 0 Å². The first-order valence-electron chi connectivity index (χ1n) is 6.65. The Morgan fingerprint density at radius 3 is 2.84 bits per heavy atom. The van der Waals surface area contributed by atoms with Crippen LogP contribution < -0.4 is 10.1 Å². The van der Waals surface area contributed by atoms with Gasteiger partial charge in [-0.05, 0) is 24.6 Å². The molecule has 1 aliphatic rings. The molecule has 0 bridgehead atoms. The van der Waals surface area contributed by atoms with Crippen molar-refractivity contribution in [3.63, 3.8) is 0 Å². The van der Waals surface area contributed by atoms with Gasteiger partial charge in [-0.3, -0.25) is 4.90 Å². The largest absolute Gasteiger partial charge is 0.497 e. The zero-order valence-corrected chi connectivity index (χ0v) is 11.4. The van der Waals surface area contributed by atoms with Crippen LogP contribution >= 0.6 is 0 Å². The quantitative estimate of drug-likeness (QED) is 0.826. The fourth-order valence-corrected chi connectivity index (χ4v) is 2.53. The maximum atomic E-state index is 14.1. The minimum Gasteiger partial charge on any atom is -0.497 e. The van der Waals surface area contributed by atoms with Crippen molar-refractivity contribution < 1.29 is 9.13 Å². The monoisotopic (exact) mass is 264 g/mol. The molecular formula is C15H21FN2O. The van der Waals surface area contributed by atoms with E-state index in [1.807, 2.05) is 6.08 Å². The summed E-state index contributed by atoms with van der Waals surface area (Å²) in [4.78, 5) is 2.30. The van der Waals surface area contributed by atoms with Gasteiger partial charge in [-0.15, -0.1) is 6.58 Å². The van der Waals surface area contributed by atoms with Gasteiger partial charge in [0.2, 0.25) is 0 Å². The van der Waals surface area contributed by atoms with E-state index < -0.39 is 0 Å². The lowest BCUT2D eigenvalue weighted by molar-refractivity contribution is 0.171. The van der Waals surface area contributed by atoms with Crippen LogP contribution in [0.15, 0.2) is 30.9 Å². The lowest BCUT2D eigenvalue weighted by Gasteiger charge is -2.35. The number of rotatable bonds is 5. The van der Waals surface area contributed by atoms with Crippen molar-refractivity contribution in [2.45, 2.75) is 12.5 Å². The van der Waals surface area contributed by atoms with Crippen LogP contribution in [0.5, 0.6) is 5.75 Å². The molecule has 3 nitrogen and oxygen atoms in total. The van der Waals surface area contributed by atoms with Crippen molar-refractivity contribution in [1.82, 2.24) is 10.2 Å². The van der Waals surface area contributed by atoms with E-state index in [4.69, 9.17) is 4.74 Å². The summed E-state index contributed by atoms with van der Waals surface area (Å²) < 4.78 is 19.3. The Kier molecular flexibility index (Phi) is 4.93. The number of nitrogens with one attached hydrogen (secondary N) is 1. The maximum Gasteiger partial charge on any atom is 0.128 e. The first-order chi connectivity index (χ1) is 9.26. The van der Waals surface area contributed by atoms with Gasteiger partial charge in [-0.1, -0.05) is 6.08 Å². The number of ether oxygens (including phenoxy) is 1. The van der Waals surface area contributed by atoms with Crippen molar-refractivity contribution in [2.75, 3.05) is 33.3 Å². The predicted octanol–water partition coefficient (Wildman–Crippen LogP) is 2.36. The fraction of sp³-hybridized carbons (Fsp3) is 0.467. The highest BCUT2D eigenvalue weighted by atomic mass is 19.1. The molecule has 0 saturated carbocycles. The van der Waals surface area contributed by atoms with Crippen LogP contribution in [-0.4, -0.2) is 38.2 Å². The van der Waals surface area contributed by atoms with Gasteiger partial charge in [-0.2, -0.15) is 0 Å². The average Bonchev–Trinajstić information content (AvgIpc) is 2.47. The van der Waals surface area contributed by atoms with Gasteiger partial charge in [0.25, 0.3) is 0 Å². The number of piperazine rings is 1. The van der Waals surface area contributed by atoms with Gasteiger partial charge >= 0.3 is 0 Å². The number of hydrogen-bond acceptors (Lipinski definition) is 3. The Morgan fingerprint density at radius 2 is 2.21 bits per heavy atom. The summed E-state index contributed by atoms with van der Waals surface area (Å²) in [5, 5.41) is 3.31. The van der Waals surface area contributed by atoms with Gasteiger partial charge in [0.1, 0.15) is 11.6 Å². The number of nitrogens with zero attached hydrogens (tertiary/aromatic N) is 1.